The minimum atomic E-state index is -1.12. The Morgan fingerprint density at radius 3 is 2.89 bits per heavy atom. The lowest BCUT2D eigenvalue weighted by Crippen LogP contribution is -2.27. The van der Waals surface area contributed by atoms with Crippen molar-refractivity contribution in [3.8, 4) is 0 Å². The predicted octanol–water partition coefficient (Wildman–Crippen LogP) is 4.05. The maximum atomic E-state index is 13.4. The van der Waals surface area contributed by atoms with E-state index in [1.807, 2.05) is 13.8 Å². The molecule has 1 aliphatic carbocycles. The molecular formula is C20H22N2O4S. The van der Waals surface area contributed by atoms with Crippen LogP contribution in [0.3, 0.4) is 0 Å². The molecule has 1 atom stereocenters. The third kappa shape index (κ3) is 3.10. The van der Waals surface area contributed by atoms with E-state index >= 15 is 0 Å². The minimum Gasteiger partial charge on any atom is -0.475 e. The maximum Gasteiger partial charge on any atom is 0.371 e. The summed E-state index contributed by atoms with van der Waals surface area (Å²) in [6, 6.07) is 3.02. The summed E-state index contributed by atoms with van der Waals surface area (Å²) in [5.41, 5.74) is 1.10. The molecule has 3 aromatic heterocycles. The van der Waals surface area contributed by atoms with Gasteiger partial charge in [-0.1, -0.05) is 20.8 Å². The number of furan rings is 1. The van der Waals surface area contributed by atoms with Crippen LogP contribution in [0.5, 0.6) is 0 Å². The van der Waals surface area contributed by atoms with E-state index in [1.165, 1.54) is 10.9 Å². The third-order valence-electron chi connectivity index (χ3n) is 5.15. The zero-order valence-corrected chi connectivity index (χ0v) is 16.4. The first kappa shape index (κ1) is 18.0. The van der Waals surface area contributed by atoms with Crippen LogP contribution in [0.25, 0.3) is 10.2 Å². The molecule has 1 N–H and O–H groups in total. The van der Waals surface area contributed by atoms with E-state index in [1.54, 1.807) is 22.0 Å². The summed E-state index contributed by atoms with van der Waals surface area (Å²) in [5.74, 6) is 0.596. The standard InChI is InChI=1S/C20H22N2O4S/c1-10(2)17-21-18-16(13-6-4-11(3)8-15(13)27-18)19(23)22(17)9-12-5-7-14(26-12)20(24)25/h5,7,10-11H,4,6,8-9H2,1-3H3,(H,24,25). The number of carbonyl (C=O) groups is 1. The minimum absolute atomic E-state index is 0.0518. The van der Waals surface area contributed by atoms with E-state index in [0.717, 1.165) is 35.0 Å². The van der Waals surface area contributed by atoms with E-state index in [9.17, 15) is 9.59 Å². The third-order valence-corrected chi connectivity index (χ3v) is 6.30. The topological polar surface area (TPSA) is 85.3 Å². The lowest BCUT2D eigenvalue weighted by atomic mass is 9.89. The van der Waals surface area contributed by atoms with Crippen molar-refractivity contribution in [2.24, 2.45) is 5.92 Å². The first-order chi connectivity index (χ1) is 12.8. The zero-order chi connectivity index (χ0) is 19.3. The predicted molar refractivity (Wildman–Crippen MR) is 104 cm³/mol. The van der Waals surface area contributed by atoms with E-state index in [2.05, 4.69) is 6.92 Å². The van der Waals surface area contributed by atoms with E-state index < -0.39 is 5.97 Å². The van der Waals surface area contributed by atoms with Crippen molar-refractivity contribution in [1.29, 1.82) is 0 Å². The number of carboxylic acid groups (broad SMARTS) is 1. The number of hydrogen-bond donors (Lipinski definition) is 1. The normalized spacial score (nSPS) is 16.8. The van der Waals surface area contributed by atoms with Gasteiger partial charge in [-0.3, -0.25) is 9.36 Å². The first-order valence-electron chi connectivity index (χ1n) is 9.22. The highest BCUT2D eigenvalue weighted by Gasteiger charge is 2.25. The molecule has 0 aromatic carbocycles. The summed E-state index contributed by atoms with van der Waals surface area (Å²) in [4.78, 5) is 31.4. The van der Waals surface area contributed by atoms with Gasteiger partial charge in [0.1, 0.15) is 16.4 Å². The second-order valence-electron chi connectivity index (χ2n) is 7.62. The molecule has 0 aliphatic heterocycles. The van der Waals surface area contributed by atoms with Gasteiger partial charge in [0.2, 0.25) is 5.76 Å². The van der Waals surface area contributed by atoms with Crippen molar-refractivity contribution >= 4 is 27.5 Å². The Hall–Kier alpha value is -2.41. The number of rotatable bonds is 4. The quantitative estimate of drug-likeness (QED) is 0.731. The number of carboxylic acids is 1. The summed E-state index contributed by atoms with van der Waals surface area (Å²) in [6.07, 6.45) is 3.01. The van der Waals surface area contributed by atoms with Crippen molar-refractivity contribution in [1.82, 2.24) is 9.55 Å². The monoisotopic (exact) mass is 386 g/mol. The van der Waals surface area contributed by atoms with Crippen molar-refractivity contribution in [2.75, 3.05) is 0 Å². The molecule has 3 aromatic rings. The van der Waals surface area contributed by atoms with Gasteiger partial charge in [0, 0.05) is 10.8 Å². The summed E-state index contributed by atoms with van der Waals surface area (Å²) in [7, 11) is 0. The van der Waals surface area contributed by atoms with Crippen LogP contribution in [0.2, 0.25) is 0 Å². The second-order valence-corrected chi connectivity index (χ2v) is 8.70. The Balaban J connectivity index is 1.87. The van der Waals surface area contributed by atoms with Gasteiger partial charge < -0.3 is 9.52 Å². The molecule has 0 radical (unpaired) electrons. The molecule has 7 heteroatoms. The Kier molecular flexibility index (Phi) is 4.42. The Labute approximate surface area is 160 Å². The first-order valence-corrected chi connectivity index (χ1v) is 10.0. The average Bonchev–Trinajstić information content (AvgIpc) is 3.20. The van der Waals surface area contributed by atoms with Gasteiger partial charge in [-0.05, 0) is 42.9 Å². The fourth-order valence-electron chi connectivity index (χ4n) is 3.77. The molecule has 27 heavy (non-hydrogen) atoms. The smallest absolute Gasteiger partial charge is 0.371 e. The summed E-state index contributed by atoms with van der Waals surface area (Å²) >= 11 is 1.65. The second kappa shape index (κ2) is 6.64. The highest BCUT2D eigenvalue weighted by atomic mass is 32.1. The Morgan fingerprint density at radius 1 is 1.44 bits per heavy atom. The number of hydrogen-bond acceptors (Lipinski definition) is 5. The van der Waals surface area contributed by atoms with Crippen LogP contribution in [-0.2, 0) is 19.4 Å². The summed E-state index contributed by atoms with van der Waals surface area (Å²) in [6.45, 7) is 6.44. The zero-order valence-electron chi connectivity index (χ0n) is 15.6. The number of aromatic nitrogens is 2. The molecule has 0 spiro atoms. The fraction of sp³-hybridized carbons (Fsp3) is 0.450. The van der Waals surface area contributed by atoms with Crippen LogP contribution in [0.15, 0.2) is 21.3 Å². The van der Waals surface area contributed by atoms with Crippen LogP contribution in [0.1, 0.15) is 65.7 Å². The van der Waals surface area contributed by atoms with Gasteiger partial charge in [0.25, 0.3) is 5.56 Å². The van der Waals surface area contributed by atoms with E-state index in [-0.39, 0.29) is 23.8 Å². The molecule has 0 saturated heterocycles. The molecule has 6 nitrogen and oxygen atoms in total. The molecule has 0 bridgehead atoms. The lowest BCUT2D eigenvalue weighted by Gasteiger charge is -2.18. The number of fused-ring (bicyclic) bond motifs is 3. The fourth-order valence-corrected chi connectivity index (χ4v) is 5.15. The van der Waals surface area contributed by atoms with Crippen LogP contribution >= 0.6 is 11.3 Å². The average molecular weight is 386 g/mol. The molecule has 0 saturated carbocycles. The molecule has 0 fully saturated rings. The van der Waals surface area contributed by atoms with Crippen molar-refractivity contribution < 1.29 is 14.3 Å². The highest BCUT2D eigenvalue weighted by Crippen LogP contribution is 2.36. The van der Waals surface area contributed by atoms with Crippen LogP contribution in [-0.4, -0.2) is 20.6 Å². The maximum absolute atomic E-state index is 13.4. The number of nitrogens with zero attached hydrogens (tertiary/aromatic N) is 2. The van der Waals surface area contributed by atoms with Crippen LogP contribution in [0.4, 0.5) is 0 Å². The van der Waals surface area contributed by atoms with Gasteiger partial charge >= 0.3 is 5.97 Å². The van der Waals surface area contributed by atoms with E-state index in [0.29, 0.717) is 17.5 Å². The lowest BCUT2D eigenvalue weighted by molar-refractivity contribution is 0.0660. The van der Waals surface area contributed by atoms with E-state index in [4.69, 9.17) is 14.5 Å². The molecule has 3 heterocycles. The molecule has 142 valence electrons. The van der Waals surface area contributed by atoms with Gasteiger partial charge in [-0.15, -0.1) is 11.3 Å². The Bertz CT molecular complexity index is 1090. The van der Waals surface area contributed by atoms with Gasteiger partial charge in [0.15, 0.2) is 0 Å². The molecule has 1 aliphatic rings. The van der Waals surface area contributed by atoms with Crippen molar-refractivity contribution in [3.05, 3.63) is 50.3 Å². The number of thiophene rings is 1. The molecular weight excluding hydrogens is 364 g/mol. The van der Waals surface area contributed by atoms with Gasteiger partial charge in [0.05, 0.1) is 11.9 Å². The summed E-state index contributed by atoms with van der Waals surface area (Å²) in [5, 5.41) is 9.79. The van der Waals surface area contributed by atoms with Gasteiger partial charge in [-0.25, -0.2) is 9.78 Å². The molecule has 0 amide bonds. The highest BCUT2D eigenvalue weighted by molar-refractivity contribution is 7.18. The van der Waals surface area contributed by atoms with Gasteiger partial charge in [-0.2, -0.15) is 0 Å². The number of aryl methyl sites for hydroxylation is 1. The Morgan fingerprint density at radius 2 is 2.22 bits per heavy atom. The molecule has 4 rings (SSSR count). The SMILES string of the molecule is CC1CCc2c(sc3nc(C(C)C)n(Cc4ccc(C(=O)O)o4)c(=O)c23)C1. The van der Waals surface area contributed by atoms with Crippen LogP contribution < -0.4 is 5.56 Å². The van der Waals surface area contributed by atoms with Crippen molar-refractivity contribution in [2.45, 2.75) is 52.5 Å². The molecule has 1 unspecified atom stereocenters. The van der Waals surface area contributed by atoms with Crippen molar-refractivity contribution in [3.63, 3.8) is 0 Å². The largest absolute Gasteiger partial charge is 0.475 e. The number of aromatic carboxylic acids is 1. The van der Waals surface area contributed by atoms with Crippen LogP contribution in [0, 0.1) is 5.92 Å². The summed E-state index contributed by atoms with van der Waals surface area (Å²) < 4.78 is 7.02.